The van der Waals surface area contributed by atoms with Gasteiger partial charge < -0.3 is 19.5 Å². The maximum absolute atomic E-state index is 14.3. The van der Waals surface area contributed by atoms with Crippen molar-refractivity contribution in [1.29, 1.82) is 0 Å². The number of hydrogen-bond donors (Lipinski definition) is 1. The number of rotatable bonds is 4. The molecule has 3 atom stereocenters. The van der Waals surface area contributed by atoms with Crippen LogP contribution >= 0.6 is 20.7 Å². The van der Waals surface area contributed by atoms with E-state index in [0.717, 1.165) is 11.1 Å². The quantitative estimate of drug-likeness (QED) is 0.470. The van der Waals surface area contributed by atoms with Gasteiger partial charge in [0, 0.05) is 26.3 Å². The summed E-state index contributed by atoms with van der Waals surface area (Å²) in [6.07, 6.45) is -1.17. The zero-order valence-corrected chi connectivity index (χ0v) is 17.7. The minimum Gasteiger partial charge on any atom is -0.447 e. The summed E-state index contributed by atoms with van der Waals surface area (Å²) in [4.78, 5) is 21.2. The molecule has 2 aliphatic rings. The van der Waals surface area contributed by atoms with Crippen LogP contribution in [0.2, 0.25) is 0 Å². The van der Waals surface area contributed by atoms with E-state index in [-0.39, 0.29) is 24.1 Å². The minimum atomic E-state index is -3.27. The molecule has 0 saturated carbocycles. The number of nitrogens with one attached hydrogen (secondary N) is 1. The molecule has 8 nitrogen and oxygen atoms in total. The lowest BCUT2D eigenvalue weighted by Crippen LogP contribution is -2.43. The van der Waals surface area contributed by atoms with Crippen LogP contribution in [0.4, 0.5) is 29.7 Å². The van der Waals surface area contributed by atoms with Crippen LogP contribution < -0.4 is 15.0 Å². The highest BCUT2D eigenvalue weighted by atomic mass is 127. The molecule has 0 unspecified atom stereocenters. The normalized spacial score (nSPS) is 23.5. The van der Waals surface area contributed by atoms with E-state index in [1.807, 2.05) is 0 Å². The van der Waals surface area contributed by atoms with Crippen molar-refractivity contribution in [1.82, 2.24) is 9.97 Å². The van der Waals surface area contributed by atoms with Crippen LogP contribution in [0.5, 0.6) is 5.75 Å². The zero-order chi connectivity index (χ0) is 21.5. The van der Waals surface area contributed by atoms with Gasteiger partial charge in [0.25, 0.3) is 0 Å². The summed E-state index contributed by atoms with van der Waals surface area (Å²) >= 11 is -1.67. The van der Waals surface area contributed by atoms with E-state index in [9.17, 15) is 18.0 Å². The van der Waals surface area contributed by atoms with Gasteiger partial charge in [-0.25, -0.2) is 19.1 Å². The van der Waals surface area contributed by atoms with Gasteiger partial charge >= 0.3 is 10.2 Å². The van der Waals surface area contributed by atoms with Crippen LogP contribution in [-0.4, -0.2) is 43.4 Å². The van der Waals surface area contributed by atoms with Crippen molar-refractivity contribution in [2.45, 2.75) is 29.4 Å². The molecule has 1 N–H and O–H groups in total. The summed E-state index contributed by atoms with van der Waals surface area (Å²) in [7, 11) is 0. The van der Waals surface area contributed by atoms with Crippen LogP contribution in [0.15, 0.2) is 30.5 Å². The Kier molecular flexibility index (Phi) is 5.53. The van der Waals surface area contributed by atoms with E-state index in [1.165, 1.54) is 12.1 Å². The summed E-state index contributed by atoms with van der Waals surface area (Å²) in [5, 5.41) is 2.93. The van der Waals surface area contributed by atoms with Crippen LogP contribution in [0.1, 0.15) is 18.7 Å². The molecular weight excluding hydrogens is 520 g/mol. The van der Waals surface area contributed by atoms with Gasteiger partial charge in [-0.1, -0.05) is 16.6 Å². The first-order valence-electron chi connectivity index (χ1n) is 8.74. The van der Waals surface area contributed by atoms with Crippen molar-refractivity contribution in [2.24, 2.45) is 0 Å². The first kappa shape index (κ1) is 20.8. The molecule has 160 valence electrons. The second-order valence-corrected chi connectivity index (χ2v) is 8.51. The number of nitrogens with zero attached hydrogens (tertiary/aromatic N) is 3. The molecule has 30 heavy (non-hydrogen) atoms. The molecular formula is C18H16F3IN4O4. The average molecular weight is 536 g/mol. The van der Waals surface area contributed by atoms with E-state index in [4.69, 9.17) is 9.47 Å². The van der Waals surface area contributed by atoms with Gasteiger partial charge in [-0.05, 0) is 19.1 Å². The number of hydrogen-bond acceptors (Lipinski definition) is 7. The Morgan fingerprint density at radius 2 is 2.10 bits per heavy atom. The maximum Gasteiger partial charge on any atom is 0.445 e. The average Bonchev–Trinajstić information content (AvgIpc) is 3.11. The Morgan fingerprint density at radius 1 is 1.37 bits per heavy atom. The van der Waals surface area contributed by atoms with Crippen LogP contribution in [0.3, 0.4) is 0 Å². The van der Waals surface area contributed by atoms with Crippen LogP contribution in [-0.2, 0) is 9.47 Å². The van der Waals surface area contributed by atoms with Crippen LogP contribution in [0, 0.1) is 5.82 Å². The van der Waals surface area contributed by atoms with E-state index < -0.39 is 55.1 Å². The molecule has 1 fully saturated rings. The van der Waals surface area contributed by atoms with Crippen molar-refractivity contribution < 1.29 is 32.2 Å². The van der Waals surface area contributed by atoms with Gasteiger partial charge in [0.2, 0.25) is 5.95 Å². The fraction of sp³-hybridized carbons (Fsp3) is 0.333. The van der Waals surface area contributed by atoms with E-state index in [0.29, 0.717) is 5.56 Å². The van der Waals surface area contributed by atoms with E-state index in [2.05, 4.69) is 24.5 Å². The third-order valence-corrected chi connectivity index (χ3v) is 5.69. The lowest BCUT2D eigenvalue weighted by molar-refractivity contribution is -0.0693. The van der Waals surface area contributed by atoms with Gasteiger partial charge in [0.05, 0.1) is 12.3 Å². The molecule has 0 spiro atoms. The first-order chi connectivity index (χ1) is 14.3. The molecule has 1 aromatic heterocycles. The SMILES string of the molecule is C=IC(F)(F)Oc1ccc([C@H]2Nc3ncc(F)c(n3)N3C(=O)OC[C@@H]3[C@@H](C)O2)cc1. The topological polar surface area (TPSA) is 85.8 Å². The molecule has 1 aromatic carbocycles. The van der Waals surface area contributed by atoms with Gasteiger partial charge in [-0.15, -0.1) is 0 Å². The number of fused-ring (bicyclic) bond motifs is 4. The number of ether oxygens (including phenoxy) is 3. The third kappa shape index (κ3) is 4.05. The van der Waals surface area contributed by atoms with Gasteiger partial charge in [0.15, 0.2) is 17.9 Å². The highest BCUT2D eigenvalue weighted by Gasteiger charge is 2.42. The monoisotopic (exact) mass is 536 g/mol. The third-order valence-electron chi connectivity index (χ3n) is 4.58. The fourth-order valence-corrected chi connectivity index (χ4v) is 3.52. The second kappa shape index (κ2) is 7.98. The predicted molar refractivity (Wildman–Crippen MR) is 110 cm³/mol. The molecule has 0 aliphatic carbocycles. The van der Waals surface area contributed by atoms with Gasteiger partial charge in [-0.2, -0.15) is 13.8 Å². The number of alkyl halides is 3. The standard InChI is InChI=1S/C18H16F3IN4O4/c1-9-13-8-28-17(27)26(13)14-12(19)7-23-16(24-14)25-15(29-9)10-3-5-11(6-4-10)30-18(20,21)22-2/h3-7,9,13,15H,2,8H2,1H3,(H,23,24,25)/t9-,13-,15+/m1/s1. The summed E-state index contributed by atoms with van der Waals surface area (Å²) < 4.78 is 56.9. The molecule has 0 radical (unpaired) electrons. The fourth-order valence-electron chi connectivity index (χ4n) is 3.11. The van der Waals surface area contributed by atoms with Gasteiger partial charge in [0.1, 0.15) is 18.4 Å². The Labute approximate surface area is 179 Å². The molecule has 2 bridgehead atoms. The zero-order valence-electron chi connectivity index (χ0n) is 15.5. The maximum atomic E-state index is 14.3. The van der Waals surface area contributed by atoms with Crippen molar-refractivity contribution in [3.63, 3.8) is 0 Å². The molecule has 12 heteroatoms. The molecule has 1 saturated heterocycles. The molecule has 2 aromatic rings. The van der Waals surface area contributed by atoms with E-state index in [1.54, 1.807) is 19.1 Å². The number of cyclic esters (lactones) is 1. The summed E-state index contributed by atoms with van der Waals surface area (Å²) in [6, 6.07) is 5.26. The first-order valence-corrected chi connectivity index (χ1v) is 11.3. The lowest BCUT2D eigenvalue weighted by Gasteiger charge is -2.28. The van der Waals surface area contributed by atoms with E-state index >= 15 is 0 Å². The number of carbonyl (C=O) groups excluding carboxylic acids is 1. The Hall–Kier alpha value is -2.48. The number of carbonyl (C=O) groups is 1. The molecule has 1 amide bonds. The van der Waals surface area contributed by atoms with Crippen LogP contribution in [0.25, 0.3) is 0 Å². The lowest BCUT2D eigenvalue weighted by atomic mass is 10.1. The second-order valence-electron chi connectivity index (χ2n) is 6.50. The number of benzene rings is 1. The van der Waals surface area contributed by atoms with Crippen molar-refractivity contribution in [3.8, 4) is 5.75 Å². The summed E-state index contributed by atoms with van der Waals surface area (Å²) in [6.45, 7) is 1.71. The summed E-state index contributed by atoms with van der Waals surface area (Å²) in [5.41, 5.74) is 0.565. The number of anilines is 2. The largest absolute Gasteiger partial charge is 0.447 e. The molecule has 4 rings (SSSR count). The highest BCUT2D eigenvalue weighted by Crippen LogP contribution is 2.34. The molecule has 2 aliphatic heterocycles. The number of aromatic nitrogens is 2. The molecule has 3 heterocycles. The summed E-state index contributed by atoms with van der Waals surface area (Å²) in [5.74, 6) is -0.966. The van der Waals surface area contributed by atoms with Crippen molar-refractivity contribution in [3.05, 3.63) is 41.8 Å². The highest BCUT2D eigenvalue weighted by molar-refractivity contribution is 14.2. The Bertz CT molecular complexity index is 978. The van der Waals surface area contributed by atoms with Crippen molar-refractivity contribution in [2.75, 3.05) is 16.8 Å². The minimum absolute atomic E-state index is 0.00148. The predicted octanol–water partition coefficient (Wildman–Crippen LogP) is 3.80. The van der Waals surface area contributed by atoms with Gasteiger partial charge in [-0.3, -0.25) is 0 Å². The number of halogens is 4. The smallest absolute Gasteiger partial charge is 0.445 e. The Morgan fingerprint density at radius 3 is 2.80 bits per heavy atom. The van der Waals surface area contributed by atoms with Crippen molar-refractivity contribution >= 4 is 43.1 Å². The Balaban J connectivity index is 1.65. The number of amides is 1.